The number of fused-ring (bicyclic) bond motifs is 2. The van der Waals surface area contributed by atoms with Crippen LogP contribution in [-0.2, 0) is 0 Å². The fourth-order valence-electron chi connectivity index (χ4n) is 3.84. The summed E-state index contributed by atoms with van der Waals surface area (Å²) in [6.07, 6.45) is 0. The number of carbonyl (C=O) groups excluding carboxylic acids is 1. The van der Waals surface area contributed by atoms with Crippen LogP contribution in [0.3, 0.4) is 0 Å². The third-order valence-electron chi connectivity index (χ3n) is 5.33. The van der Waals surface area contributed by atoms with Gasteiger partial charge < -0.3 is 4.74 Å². The predicted molar refractivity (Wildman–Crippen MR) is 120 cm³/mol. The van der Waals surface area contributed by atoms with Gasteiger partial charge in [0, 0.05) is 21.5 Å². The van der Waals surface area contributed by atoms with Gasteiger partial charge in [-0.15, -0.1) is 0 Å². The summed E-state index contributed by atoms with van der Waals surface area (Å²) in [5.41, 5.74) is 1.68. The van der Waals surface area contributed by atoms with Crippen LogP contribution in [0.2, 0.25) is 5.02 Å². The first kappa shape index (κ1) is 20.2. The van der Waals surface area contributed by atoms with Gasteiger partial charge in [-0.25, -0.2) is 13.8 Å². The fourth-order valence-corrected chi connectivity index (χ4v) is 4.01. The fraction of sp³-hybridized carbons (Fsp3) is 0.0400. The molecular formula is C25H15ClF2N2O2. The van der Waals surface area contributed by atoms with Crippen LogP contribution in [0, 0.1) is 11.6 Å². The van der Waals surface area contributed by atoms with Crippen molar-refractivity contribution in [3.05, 3.63) is 95.0 Å². The molecule has 0 aliphatic heterocycles. The molecule has 5 rings (SSSR count). The van der Waals surface area contributed by atoms with Crippen molar-refractivity contribution < 1.29 is 18.3 Å². The second-order valence-corrected chi connectivity index (χ2v) is 7.64. The van der Waals surface area contributed by atoms with Crippen molar-refractivity contribution in [1.29, 1.82) is 0 Å². The molecule has 4 aromatic carbocycles. The van der Waals surface area contributed by atoms with Crippen molar-refractivity contribution >= 4 is 39.3 Å². The Morgan fingerprint density at radius 3 is 2.47 bits per heavy atom. The van der Waals surface area contributed by atoms with Gasteiger partial charge in [0.2, 0.25) is 0 Å². The second kappa shape index (κ2) is 7.73. The zero-order valence-corrected chi connectivity index (χ0v) is 17.5. The quantitative estimate of drug-likeness (QED) is 0.317. The predicted octanol–water partition coefficient (Wildman–Crippen LogP) is 6.49. The minimum atomic E-state index is -1.10. The average Bonchev–Trinajstić information content (AvgIpc) is 3.17. The molecule has 32 heavy (non-hydrogen) atoms. The summed E-state index contributed by atoms with van der Waals surface area (Å²) in [5, 5.41) is 2.14. The topological polar surface area (TPSA) is 44.1 Å². The molecule has 0 atom stereocenters. The van der Waals surface area contributed by atoms with E-state index in [9.17, 15) is 13.6 Å². The molecule has 4 nitrogen and oxygen atoms in total. The van der Waals surface area contributed by atoms with Crippen LogP contribution in [-0.4, -0.2) is 22.6 Å². The number of benzene rings is 4. The summed E-state index contributed by atoms with van der Waals surface area (Å²) < 4.78 is 34.2. The van der Waals surface area contributed by atoms with Gasteiger partial charge in [0.25, 0.3) is 5.91 Å². The lowest BCUT2D eigenvalue weighted by Crippen LogP contribution is -2.14. The number of methoxy groups -OCH3 is 1. The smallest absolute Gasteiger partial charge is 0.264 e. The molecule has 0 saturated carbocycles. The first-order chi connectivity index (χ1) is 15.5. The Morgan fingerprint density at radius 1 is 0.938 bits per heavy atom. The Labute approximate surface area is 186 Å². The van der Waals surface area contributed by atoms with Gasteiger partial charge in [0.05, 0.1) is 18.1 Å². The molecule has 0 bridgehead atoms. The van der Waals surface area contributed by atoms with Gasteiger partial charge in [-0.1, -0.05) is 35.9 Å². The number of aromatic nitrogens is 2. The van der Waals surface area contributed by atoms with E-state index in [1.165, 1.54) is 10.6 Å². The number of imidazole rings is 1. The highest BCUT2D eigenvalue weighted by Gasteiger charge is 2.22. The number of hydrogen-bond donors (Lipinski definition) is 0. The molecule has 1 aromatic heterocycles. The Bertz CT molecular complexity index is 1530. The minimum absolute atomic E-state index is 0.00258. The molecule has 0 radical (unpaired) electrons. The number of hydrogen-bond acceptors (Lipinski definition) is 3. The number of carbonyl (C=O) groups is 1. The molecule has 0 spiro atoms. The lowest BCUT2D eigenvalue weighted by atomic mass is 10.0. The van der Waals surface area contributed by atoms with Crippen LogP contribution in [0.1, 0.15) is 10.4 Å². The van der Waals surface area contributed by atoms with E-state index in [1.54, 1.807) is 31.4 Å². The molecule has 0 N–H and O–H groups in total. The van der Waals surface area contributed by atoms with E-state index in [1.807, 2.05) is 30.3 Å². The van der Waals surface area contributed by atoms with E-state index < -0.39 is 17.5 Å². The van der Waals surface area contributed by atoms with Crippen LogP contribution >= 0.6 is 11.6 Å². The number of halogens is 3. The Balaban J connectivity index is 1.82. The van der Waals surface area contributed by atoms with E-state index in [2.05, 4.69) is 4.98 Å². The Hall–Kier alpha value is -3.77. The first-order valence-electron chi connectivity index (χ1n) is 9.72. The van der Waals surface area contributed by atoms with Crippen LogP contribution in [0.5, 0.6) is 5.75 Å². The maximum absolute atomic E-state index is 13.9. The highest BCUT2D eigenvalue weighted by Crippen LogP contribution is 2.36. The van der Waals surface area contributed by atoms with Gasteiger partial charge in [-0.05, 0) is 53.9 Å². The number of nitrogens with zero attached hydrogens (tertiary/aromatic N) is 2. The summed E-state index contributed by atoms with van der Waals surface area (Å²) in [4.78, 5) is 18.2. The zero-order chi connectivity index (χ0) is 22.4. The lowest BCUT2D eigenvalue weighted by molar-refractivity contribution is 0.0965. The summed E-state index contributed by atoms with van der Waals surface area (Å²) in [6.45, 7) is 0. The van der Waals surface area contributed by atoms with Crippen LogP contribution < -0.4 is 4.74 Å². The van der Waals surface area contributed by atoms with E-state index >= 15 is 0 Å². The van der Waals surface area contributed by atoms with Crippen molar-refractivity contribution in [3.8, 4) is 17.1 Å². The standard InChI is InChI=1S/C25H15ClF2N2O2/c1-32-23-11-8-18(16-4-2-3-5-17(16)23)24-29-21-13-15(26)7-10-22(21)30(24)25(31)14-6-9-19(27)20(28)12-14/h2-13H,1H3. The third-order valence-corrected chi connectivity index (χ3v) is 5.57. The van der Waals surface area contributed by atoms with E-state index in [0.29, 0.717) is 33.2 Å². The summed E-state index contributed by atoms with van der Waals surface area (Å²) in [6, 6.07) is 19.3. The maximum atomic E-state index is 13.9. The average molecular weight is 449 g/mol. The van der Waals surface area contributed by atoms with Gasteiger partial charge in [0.1, 0.15) is 11.6 Å². The SMILES string of the molecule is COc1ccc(-c2nc3cc(Cl)ccc3n2C(=O)c2ccc(F)c(F)c2)c2ccccc12. The largest absolute Gasteiger partial charge is 0.496 e. The van der Waals surface area contributed by atoms with Crippen LogP contribution in [0.4, 0.5) is 8.78 Å². The zero-order valence-electron chi connectivity index (χ0n) is 16.8. The minimum Gasteiger partial charge on any atom is -0.496 e. The van der Waals surface area contributed by atoms with E-state index in [0.717, 1.165) is 22.9 Å². The monoisotopic (exact) mass is 448 g/mol. The summed E-state index contributed by atoms with van der Waals surface area (Å²) >= 11 is 6.15. The van der Waals surface area contributed by atoms with Crippen LogP contribution in [0.15, 0.2) is 72.8 Å². The molecule has 0 aliphatic carbocycles. The molecule has 1 heterocycles. The molecule has 5 aromatic rings. The maximum Gasteiger partial charge on any atom is 0.264 e. The number of ether oxygens (including phenoxy) is 1. The molecule has 0 aliphatic rings. The second-order valence-electron chi connectivity index (χ2n) is 7.20. The molecule has 0 amide bonds. The third kappa shape index (κ3) is 3.20. The van der Waals surface area contributed by atoms with Crippen molar-refractivity contribution in [2.75, 3.05) is 7.11 Å². The summed E-state index contributed by atoms with van der Waals surface area (Å²) in [5.74, 6) is -1.62. The van der Waals surface area contributed by atoms with Gasteiger partial charge in [-0.2, -0.15) is 0 Å². The molecule has 7 heteroatoms. The van der Waals surface area contributed by atoms with Gasteiger partial charge >= 0.3 is 0 Å². The van der Waals surface area contributed by atoms with Gasteiger partial charge in [0.15, 0.2) is 11.6 Å². The molecule has 0 unspecified atom stereocenters. The molecule has 0 fully saturated rings. The van der Waals surface area contributed by atoms with Crippen molar-refractivity contribution in [2.45, 2.75) is 0 Å². The van der Waals surface area contributed by atoms with Crippen molar-refractivity contribution in [2.24, 2.45) is 0 Å². The Morgan fingerprint density at radius 2 is 1.72 bits per heavy atom. The van der Waals surface area contributed by atoms with Gasteiger partial charge in [-0.3, -0.25) is 9.36 Å². The van der Waals surface area contributed by atoms with E-state index in [-0.39, 0.29) is 5.56 Å². The van der Waals surface area contributed by atoms with Crippen LogP contribution in [0.25, 0.3) is 33.2 Å². The Kier molecular flexibility index (Phi) is 4.87. The normalized spacial score (nSPS) is 11.2. The highest BCUT2D eigenvalue weighted by molar-refractivity contribution is 6.31. The first-order valence-corrected chi connectivity index (χ1v) is 10.1. The van der Waals surface area contributed by atoms with E-state index in [4.69, 9.17) is 16.3 Å². The molecular weight excluding hydrogens is 434 g/mol. The molecule has 158 valence electrons. The summed E-state index contributed by atoms with van der Waals surface area (Å²) in [7, 11) is 1.59. The lowest BCUT2D eigenvalue weighted by Gasteiger charge is -2.12. The number of rotatable bonds is 3. The molecule has 0 saturated heterocycles. The van der Waals surface area contributed by atoms with Crippen molar-refractivity contribution in [3.63, 3.8) is 0 Å². The van der Waals surface area contributed by atoms with Crippen molar-refractivity contribution in [1.82, 2.24) is 9.55 Å². The highest BCUT2D eigenvalue weighted by atomic mass is 35.5.